The molecule has 0 spiro atoms. The molecule has 1 aliphatic rings. The summed E-state index contributed by atoms with van der Waals surface area (Å²) < 4.78 is 0. The fourth-order valence-electron chi connectivity index (χ4n) is 1.05. The van der Waals surface area contributed by atoms with E-state index in [2.05, 4.69) is 5.32 Å². The number of carbonyl (C=O) groups is 2. The fraction of sp³-hybridized carbons (Fsp3) is 0.714. The highest BCUT2D eigenvalue weighted by atomic mass is 16.2. The monoisotopic (exact) mass is 156 g/mol. The van der Waals surface area contributed by atoms with E-state index in [1.807, 2.05) is 13.8 Å². The summed E-state index contributed by atoms with van der Waals surface area (Å²) in [4.78, 5) is 23.5. The first kappa shape index (κ1) is 8.04. The van der Waals surface area contributed by atoms with Gasteiger partial charge in [-0.3, -0.25) is 10.1 Å². The van der Waals surface area contributed by atoms with Crippen molar-refractivity contribution in [2.75, 3.05) is 7.05 Å². The highest BCUT2D eigenvalue weighted by molar-refractivity contribution is 5.98. The minimum Gasteiger partial charge on any atom is -0.324 e. The largest absolute Gasteiger partial charge is 0.324 e. The second-order valence-electron chi connectivity index (χ2n) is 2.93. The van der Waals surface area contributed by atoms with E-state index in [0.717, 1.165) is 0 Å². The smallest absolute Gasteiger partial charge is 0.324 e. The highest BCUT2D eigenvalue weighted by Gasteiger charge is 2.32. The Morgan fingerprint density at radius 1 is 1.36 bits per heavy atom. The van der Waals surface area contributed by atoms with Crippen LogP contribution >= 0.6 is 0 Å². The van der Waals surface area contributed by atoms with Gasteiger partial charge in [0.25, 0.3) is 0 Å². The molecule has 1 unspecified atom stereocenters. The van der Waals surface area contributed by atoms with E-state index in [0.29, 0.717) is 0 Å². The molecule has 11 heavy (non-hydrogen) atoms. The maximum Gasteiger partial charge on any atom is 0.324 e. The minimum absolute atomic E-state index is 0.00347. The molecule has 0 saturated carbocycles. The van der Waals surface area contributed by atoms with E-state index in [4.69, 9.17) is 0 Å². The molecule has 3 amide bonds. The summed E-state index contributed by atoms with van der Waals surface area (Å²) in [5.74, 6) is -0.293. The van der Waals surface area contributed by atoms with Crippen molar-refractivity contribution in [3.05, 3.63) is 0 Å². The molecule has 1 fully saturated rings. The van der Waals surface area contributed by atoms with Gasteiger partial charge in [0, 0.05) is 13.1 Å². The molecule has 0 aromatic rings. The van der Waals surface area contributed by atoms with E-state index in [-0.39, 0.29) is 23.9 Å². The molecule has 0 aliphatic carbocycles. The van der Waals surface area contributed by atoms with E-state index < -0.39 is 0 Å². The Morgan fingerprint density at radius 2 is 1.91 bits per heavy atom. The van der Waals surface area contributed by atoms with Crippen LogP contribution in [0.25, 0.3) is 0 Å². The number of hydrogen-bond acceptors (Lipinski definition) is 2. The molecule has 4 heteroatoms. The summed E-state index contributed by atoms with van der Waals surface area (Å²) in [5, 5.41) is 2.26. The van der Waals surface area contributed by atoms with Gasteiger partial charge in [0.15, 0.2) is 0 Å². The first-order valence-electron chi connectivity index (χ1n) is 3.61. The summed E-state index contributed by atoms with van der Waals surface area (Å²) in [6, 6.07) is -0.308. The van der Waals surface area contributed by atoms with Gasteiger partial charge in [-0.2, -0.15) is 0 Å². The van der Waals surface area contributed by atoms with Crippen molar-refractivity contribution in [3.63, 3.8) is 0 Å². The van der Waals surface area contributed by atoms with Crippen molar-refractivity contribution >= 4 is 11.9 Å². The number of amides is 3. The maximum atomic E-state index is 11.0. The maximum absolute atomic E-state index is 11.0. The predicted octanol–water partition coefficient (Wildman–Crippen LogP) is 0.193. The van der Waals surface area contributed by atoms with Crippen molar-refractivity contribution in [1.29, 1.82) is 0 Å². The lowest BCUT2D eigenvalue weighted by Crippen LogP contribution is -2.56. The quantitative estimate of drug-likeness (QED) is 0.544. The standard InChI is InChI=1S/C7H12N2O2/c1-4-5(2)9(3)7(11)8-6(4)10/h4-5H,1-3H3,(H,8,10,11)/t4?,5-/m0/s1. The van der Waals surface area contributed by atoms with Gasteiger partial charge in [0.1, 0.15) is 0 Å². The molecule has 1 rings (SSSR count). The van der Waals surface area contributed by atoms with E-state index in [9.17, 15) is 9.59 Å². The van der Waals surface area contributed by atoms with Crippen LogP contribution in [0.2, 0.25) is 0 Å². The average Bonchev–Trinajstić information content (AvgIpc) is 1.97. The van der Waals surface area contributed by atoms with Crippen molar-refractivity contribution in [1.82, 2.24) is 10.2 Å². The number of nitrogens with zero attached hydrogens (tertiary/aromatic N) is 1. The van der Waals surface area contributed by atoms with E-state index in [1.54, 1.807) is 7.05 Å². The molecular weight excluding hydrogens is 144 g/mol. The Bertz CT molecular complexity index is 183. The lowest BCUT2D eigenvalue weighted by Gasteiger charge is -2.33. The molecule has 62 valence electrons. The van der Waals surface area contributed by atoms with Crippen molar-refractivity contribution < 1.29 is 9.59 Å². The summed E-state index contributed by atoms with van der Waals surface area (Å²) >= 11 is 0. The predicted molar refractivity (Wildman–Crippen MR) is 39.9 cm³/mol. The zero-order chi connectivity index (χ0) is 8.59. The first-order chi connectivity index (χ1) is 5.04. The molecule has 0 aromatic heterocycles. The molecule has 4 nitrogen and oxygen atoms in total. The fourth-order valence-corrected chi connectivity index (χ4v) is 1.05. The third kappa shape index (κ3) is 1.20. The third-order valence-electron chi connectivity index (χ3n) is 2.30. The van der Waals surface area contributed by atoms with Crippen LogP contribution < -0.4 is 5.32 Å². The van der Waals surface area contributed by atoms with Gasteiger partial charge in [-0.05, 0) is 6.92 Å². The van der Waals surface area contributed by atoms with Crippen molar-refractivity contribution in [3.8, 4) is 0 Å². The number of nitrogens with one attached hydrogen (secondary N) is 1. The van der Waals surface area contributed by atoms with Crippen LogP contribution in [0, 0.1) is 5.92 Å². The zero-order valence-corrected chi connectivity index (χ0v) is 6.92. The van der Waals surface area contributed by atoms with Crippen LogP contribution in [0.1, 0.15) is 13.8 Å². The first-order valence-corrected chi connectivity index (χ1v) is 3.61. The number of rotatable bonds is 0. The Hall–Kier alpha value is -1.06. The van der Waals surface area contributed by atoms with Crippen LogP contribution in [0.15, 0.2) is 0 Å². The van der Waals surface area contributed by atoms with Crippen LogP contribution in [-0.4, -0.2) is 29.9 Å². The Balaban J connectivity index is 2.78. The van der Waals surface area contributed by atoms with Gasteiger partial charge in [0.05, 0.1) is 5.92 Å². The molecule has 1 N–H and O–H groups in total. The van der Waals surface area contributed by atoms with Gasteiger partial charge < -0.3 is 4.90 Å². The van der Waals surface area contributed by atoms with E-state index in [1.165, 1.54) is 4.90 Å². The Kier molecular flexibility index (Phi) is 1.85. The highest BCUT2D eigenvalue weighted by Crippen LogP contribution is 2.13. The number of hydrogen-bond donors (Lipinski definition) is 1. The van der Waals surface area contributed by atoms with Crippen LogP contribution in [-0.2, 0) is 4.79 Å². The van der Waals surface area contributed by atoms with Crippen molar-refractivity contribution in [2.45, 2.75) is 19.9 Å². The zero-order valence-electron chi connectivity index (χ0n) is 6.92. The van der Waals surface area contributed by atoms with Gasteiger partial charge in [-0.1, -0.05) is 6.92 Å². The molecule has 1 heterocycles. The molecule has 0 radical (unpaired) electrons. The number of carbonyl (C=O) groups excluding carboxylic acids is 2. The van der Waals surface area contributed by atoms with Crippen LogP contribution in [0.4, 0.5) is 4.79 Å². The summed E-state index contributed by atoms with van der Waals surface area (Å²) in [7, 11) is 1.68. The molecule has 1 aliphatic heterocycles. The Morgan fingerprint density at radius 3 is 2.45 bits per heavy atom. The molecule has 2 atom stereocenters. The summed E-state index contributed by atoms with van der Waals surface area (Å²) in [6.45, 7) is 3.67. The molecule has 0 aromatic carbocycles. The van der Waals surface area contributed by atoms with E-state index >= 15 is 0 Å². The lowest BCUT2D eigenvalue weighted by atomic mass is 10.00. The SMILES string of the molecule is CC1C(=O)NC(=O)N(C)[C@H]1C. The molecule has 0 bridgehead atoms. The molecular formula is C7H12N2O2. The van der Waals surface area contributed by atoms with Crippen molar-refractivity contribution in [2.24, 2.45) is 5.92 Å². The van der Waals surface area contributed by atoms with Gasteiger partial charge in [0.2, 0.25) is 5.91 Å². The minimum atomic E-state index is -0.305. The second-order valence-corrected chi connectivity index (χ2v) is 2.93. The van der Waals surface area contributed by atoms with Crippen LogP contribution in [0.5, 0.6) is 0 Å². The van der Waals surface area contributed by atoms with Crippen LogP contribution in [0.3, 0.4) is 0 Å². The summed E-state index contributed by atoms with van der Waals surface area (Å²) in [5.41, 5.74) is 0. The summed E-state index contributed by atoms with van der Waals surface area (Å²) in [6.07, 6.45) is 0. The lowest BCUT2D eigenvalue weighted by molar-refractivity contribution is -0.126. The average molecular weight is 156 g/mol. The third-order valence-corrected chi connectivity index (χ3v) is 2.30. The topological polar surface area (TPSA) is 49.4 Å². The second kappa shape index (κ2) is 2.53. The van der Waals surface area contributed by atoms with Gasteiger partial charge >= 0.3 is 6.03 Å². The Labute approximate surface area is 65.6 Å². The van der Waals surface area contributed by atoms with Gasteiger partial charge in [-0.25, -0.2) is 4.79 Å². The normalized spacial score (nSPS) is 32.1. The number of imide groups is 1. The number of urea groups is 1. The van der Waals surface area contributed by atoms with Gasteiger partial charge in [-0.15, -0.1) is 0 Å². The molecule has 1 saturated heterocycles.